The predicted molar refractivity (Wildman–Crippen MR) is 144 cm³/mol. The lowest BCUT2D eigenvalue weighted by atomic mass is 9.70. The molecule has 0 aromatic heterocycles. The second-order valence-electron chi connectivity index (χ2n) is 12.7. The number of nitrogens with one attached hydrogen (secondary N) is 2. The third-order valence-corrected chi connectivity index (χ3v) is 7.78. The van der Waals surface area contributed by atoms with Gasteiger partial charge >= 0.3 is 0 Å². The topological polar surface area (TPSA) is 117 Å². The Morgan fingerprint density at radius 3 is 2.45 bits per heavy atom. The van der Waals surface area contributed by atoms with Gasteiger partial charge in [0.1, 0.15) is 17.4 Å². The highest BCUT2D eigenvalue weighted by Crippen LogP contribution is 2.58. The number of anilines is 1. The van der Waals surface area contributed by atoms with Crippen molar-refractivity contribution in [3.63, 3.8) is 0 Å². The standard InChI is InChI=1S/C29H43N3O6/c1-7-37-19-11-9-18(10-12-19)30-24(34)21-20-13-14-29(38-20)22(21)26(36)32(15-8-16-33)23(29)25(35)31-28(5,6)17-27(2,3)4/h9-12,20-23,33H,7-8,13-17H2,1-6H3,(H,30,34)(H,31,35)/t20-,21+,22+,23?,29?/m1/s1. The Labute approximate surface area is 225 Å². The summed E-state index contributed by atoms with van der Waals surface area (Å²) < 4.78 is 11.9. The van der Waals surface area contributed by atoms with E-state index in [-0.39, 0.29) is 36.3 Å². The Morgan fingerprint density at radius 1 is 1.16 bits per heavy atom. The number of aliphatic hydroxyl groups excluding tert-OH is 1. The van der Waals surface area contributed by atoms with Gasteiger partial charge in [0.25, 0.3) is 0 Å². The summed E-state index contributed by atoms with van der Waals surface area (Å²) in [6.45, 7) is 12.9. The number of ether oxygens (including phenoxy) is 2. The molecule has 5 atom stereocenters. The third kappa shape index (κ3) is 5.41. The molecule has 4 rings (SSSR count). The first-order valence-corrected chi connectivity index (χ1v) is 13.8. The monoisotopic (exact) mass is 529 g/mol. The molecule has 3 aliphatic rings. The molecule has 9 heteroatoms. The van der Waals surface area contributed by atoms with E-state index in [4.69, 9.17) is 9.47 Å². The molecule has 0 radical (unpaired) electrons. The molecule has 210 valence electrons. The Bertz CT molecular complexity index is 1050. The van der Waals surface area contributed by atoms with E-state index in [1.54, 1.807) is 29.2 Å². The van der Waals surface area contributed by atoms with Crippen LogP contribution < -0.4 is 15.4 Å². The molecule has 1 aromatic rings. The van der Waals surface area contributed by atoms with Gasteiger partial charge in [-0.3, -0.25) is 14.4 Å². The van der Waals surface area contributed by atoms with Gasteiger partial charge in [0.05, 0.1) is 24.5 Å². The number of benzene rings is 1. The van der Waals surface area contributed by atoms with Crippen molar-refractivity contribution in [2.75, 3.05) is 25.1 Å². The van der Waals surface area contributed by atoms with E-state index in [0.29, 0.717) is 37.3 Å². The fraction of sp³-hybridized carbons (Fsp3) is 0.690. The van der Waals surface area contributed by atoms with Gasteiger partial charge < -0.3 is 30.1 Å². The molecular weight excluding hydrogens is 486 g/mol. The molecule has 3 amide bonds. The molecule has 3 N–H and O–H groups in total. The van der Waals surface area contributed by atoms with Gasteiger partial charge in [0.15, 0.2) is 0 Å². The number of aliphatic hydroxyl groups is 1. The first-order valence-electron chi connectivity index (χ1n) is 13.8. The summed E-state index contributed by atoms with van der Waals surface area (Å²) in [5, 5.41) is 15.6. The summed E-state index contributed by atoms with van der Waals surface area (Å²) in [5.74, 6) is -1.52. The summed E-state index contributed by atoms with van der Waals surface area (Å²) in [7, 11) is 0. The summed E-state index contributed by atoms with van der Waals surface area (Å²) >= 11 is 0. The van der Waals surface area contributed by atoms with Gasteiger partial charge in [-0.1, -0.05) is 20.8 Å². The number of fused-ring (bicyclic) bond motifs is 1. The molecule has 1 spiro atoms. The minimum absolute atomic E-state index is 0.00790. The van der Waals surface area contributed by atoms with Crippen LogP contribution in [0.2, 0.25) is 0 Å². The summed E-state index contributed by atoms with van der Waals surface area (Å²) in [4.78, 5) is 42.8. The van der Waals surface area contributed by atoms with Gasteiger partial charge in [-0.15, -0.1) is 0 Å². The van der Waals surface area contributed by atoms with Crippen LogP contribution in [0.4, 0.5) is 5.69 Å². The van der Waals surface area contributed by atoms with Gasteiger partial charge in [-0.05, 0) is 76.1 Å². The SMILES string of the molecule is CCOc1ccc(NC(=O)[C@@H]2[C@H]3C(=O)N(CCCO)C(C(=O)NC(C)(C)CC(C)(C)C)C34CC[C@H]2O4)cc1. The van der Waals surface area contributed by atoms with Gasteiger partial charge in [0.2, 0.25) is 17.7 Å². The van der Waals surface area contributed by atoms with Crippen LogP contribution in [0.1, 0.15) is 67.2 Å². The Morgan fingerprint density at radius 2 is 1.84 bits per heavy atom. The van der Waals surface area contributed by atoms with E-state index in [1.165, 1.54) is 0 Å². The van der Waals surface area contributed by atoms with Crippen molar-refractivity contribution in [1.82, 2.24) is 10.2 Å². The van der Waals surface area contributed by atoms with Crippen molar-refractivity contribution >= 4 is 23.4 Å². The van der Waals surface area contributed by atoms with Crippen LogP contribution in [0.15, 0.2) is 24.3 Å². The van der Waals surface area contributed by atoms with Crippen molar-refractivity contribution in [2.45, 2.75) is 90.5 Å². The zero-order valence-electron chi connectivity index (χ0n) is 23.5. The van der Waals surface area contributed by atoms with Crippen LogP contribution in [-0.4, -0.2) is 70.8 Å². The van der Waals surface area contributed by atoms with Crippen LogP contribution >= 0.6 is 0 Å². The van der Waals surface area contributed by atoms with Crippen molar-refractivity contribution in [2.24, 2.45) is 17.3 Å². The second kappa shape index (κ2) is 10.5. The number of hydrogen-bond donors (Lipinski definition) is 3. The van der Waals surface area contributed by atoms with Gasteiger partial charge in [-0.2, -0.15) is 0 Å². The molecule has 0 saturated carbocycles. The second-order valence-corrected chi connectivity index (χ2v) is 12.7. The quantitative estimate of drug-likeness (QED) is 0.429. The van der Waals surface area contributed by atoms with Crippen molar-refractivity contribution in [3.05, 3.63) is 24.3 Å². The minimum atomic E-state index is -1.06. The molecule has 3 aliphatic heterocycles. The maximum atomic E-state index is 13.9. The van der Waals surface area contributed by atoms with Crippen molar-refractivity contribution in [1.29, 1.82) is 0 Å². The largest absolute Gasteiger partial charge is 0.494 e. The number of carbonyl (C=O) groups is 3. The van der Waals surface area contributed by atoms with Gasteiger partial charge in [0, 0.05) is 24.4 Å². The van der Waals surface area contributed by atoms with E-state index < -0.39 is 35.1 Å². The van der Waals surface area contributed by atoms with E-state index in [1.807, 2.05) is 20.8 Å². The molecule has 1 aromatic carbocycles. The highest BCUT2D eigenvalue weighted by atomic mass is 16.5. The minimum Gasteiger partial charge on any atom is -0.494 e. The molecule has 9 nitrogen and oxygen atoms in total. The molecular formula is C29H43N3O6. The molecule has 38 heavy (non-hydrogen) atoms. The fourth-order valence-corrected chi connectivity index (χ4v) is 7.03. The van der Waals surface area contributed by atoms with E-state index in [9.17, 15) is 19.5 Å². The van der Waals surface area contributed by atoms with E-state index >= 15 is 0 Å². The highest BCUT2D eigenvalue weighted by Gasteiger charge is 2.74. The Balaban J connectivity index is 1.59. The van der Waals surface area contributed by atoms with Crippen LogP contribution in [0.25, 0.3) is 0 Å². The lowest BCUT2D eigenvalue weighted by molar-refractivity contribution is -0.142. The Kier molecular flexibility index (Phi) is 7.83. The summed E-state index contributed by atoms with van der Waals surface area (Å²) in [5.41, 5.74) is -0.959. The average Bonchev–Trinajstić information content (AvgIpc) is 3.44. The zero-order chi connectivity index (χ0) is 27.9. The molecule has 3 heterocycles. The maximum Gasteiger partial charge on any atom is 0.246 e. The Hall–Kier alpha value is -2.65. The highest BCUT2D eigenvalue weighted by molar-refractivity contribution is 6.02. The molecule has 2 bridgehead atoms. The number of hydrogen-bond acceptors (Lipinski definition) is 6. The number of rotatable bonds is 10. The predicted octanol–water partition coefficient (Wildman–Crippen LogP) is 3.11. The molecule has 2 unspecified atom stereocenters. The van der Waals surface area contributed by atoms with Crippen LogP contribution in [-0.2, 0) is 19.1 Å². The number of nitrogens with zero attached hydrogens (tertiary/aromatic N) is 1. The molecule has 3 fully saturated rings. The number of carbonyl (C=O) groups excluding carboxylic acids is 3. The lowest BCUT2D eigenvalue weighted by Gasteiger charge is -2.38. The van der Waals surface area contributed by atoms with E-state index in [2.05, 4.69) is 31.4 Å². The number of amides is 3. The summed E-state index contributed by atoms with van der Waals surface area (Å²) in [6, 6.07) is 6.26. The zero-order valence-corrected chi connectivity index (χ0v) is 23.5. The first kappa shape index (κ1) is 28.4. The lowest BCUT2D eigenvalue weighted by Crippen LogP contribution is -2.59. The normalized spacial score (nSPS) is 28.4. The first-order chi connectivity index (χ1) is 17.8. The summed E-state index contributed by atoms with van der Waals surface area (Å²) in [6.07, 6.45) is 1.80. The van der Waals surface area contributed by atoms with Crippen molar-refractivity contribution < 1.29 is 29.0 Å². The average molecular weight is 530 g/mol. The van der Waals surface area contributed by atoms with Crippen LogP contribution in [0.3, 0.4) is 0 Å². The van der Waals surface area contributed by atoms with Crippen LogP contribution in [0, 0.1) is 17.3 Å². The third-order valence-electron chi connectivity index (χ3n) is 7.78. The van der Waals surface area contributed by atoms with Gasteiger partial charge in [-0.25, -0.2) is 0 Å². The fourth-order valence-electron chi connectivity index (χ4n) is 7.03. The van der Waals surface area contributed by atoms with Crippen LogP contribution in [0.5, 0.6) is 5.75 Å². The smallest absolute Gasteiger partial charge is 0.246 e. The van der Waals surface area contributed by atoms with Crippen molar-refractivity contribution in [3.8, 4) is 5.75 Å². The molecule has 3 saturated heterocycles. The van der Waals surface area contributed by atoms with E-state index in [0.717, 1.165) is 6.42 Å². The number of likely N-dealkylation sites (tertiary alicyclic amines) is 1. The maximum absolute atomic E-state index is 13.9. The molecule has 0 aliphatic carbocycles.